The van der Waals surface area contributed by atoms with Gasteiger partial charge >= 0.3 is 0 Å². The van der Waals surface area contributed by atoms with E-state index in [4.69, 9.17) is 4.98 Å². The quantitative estimate of drug-likeness (QED) is 0.502. The molecule has 0 spiro atoms. The smallest absolute Gasteiger partial charge is 0.230 e. The molecule has 8 heteroatoms. The van der Waals surface area contributed by atoms with Crippen LogP contribution in [0.25, 0.3) is 0 Å². The van der Waals surface area contributed by atoms with E-state index in [1.54, 1.807) is 11.8 Å². The van der Waals surface area contributed by atoms with Crippen LogP contribution in [0.3, 0.4) is 0 Å². The molecule has 0 unspecified atom stereocenters. The number of hydrogen-bond donors (Lipinski definition) is 1. The van der Waals surface area contributed by atoms with E-state index in [-0.39, 0.29) is 5.91 Å². The highest BCUT2D eigenvalue weighted by Crippen LogP contribution is 2.20. The fraction of sp³-hybridized carbons (Fsp3) is 0.348. The molecule has 4 rings (SSSR count). The predicted octanol–water partition coefficient (Wildman–Crippen LogP) is 3.16. The van der Waals surface area contributed by atoms with Crippen LogP contribution in [0.4, 0.5) is 5.13 Å². The fourth-order valence-electron chi connectivity index (χ4n) is 3.46. The minimum absolute atomic E-state index is 0.0901. The average molecular weight is 454 g/mol. The van der Waals surface area contributed by atoms with E-state index in [1.165, 1.54) is 17.1 Å². The van der Waals surface area contributed by atoms with Crippen LogP contribution in [0.15, 0.2) is 65.6 Å². The minimum Gasteiger partial charge on any atom is -0.354 e. The highest BCUT2D eigenvalue weighted by Gasteiger charge is 2.20. The Bertz CT molecular complexity index is 943. The summed E-state index contributed by atoms with van der Waals surface area (Å²) in [5.74, 6) is 1.44. The van der Waals surface area contributed by atoms with Crippen molar-refractivity contribution in [1.29, 1.82) is 0 Å². The molecule has 1 aliphatic rings. The molecule has 1 fully saturated rings. The van der Waals surface area contributed by atoms with Gasteiger partial charge in [0.1, 0.15) is 5.82 Å². The number of anilines is 1. The van der Waals surface area contributed by atoms with Crippen molar-refractivity contribution in [2.24, 2.45) is 0 Å². The maximum absolute atomic E-state index is 12.1. The molecule has 0 atom stereocenters. The molecule has 2 aromatic carbocycles. The number of rotatable bonds is 9. The summed E-state index contributed by atoms with van der Waals surface area (Å²) in [7, 11) is 0. The van der Waals surface area contributed by atoms with Gasteiger partial charge in [0.05, 0.1) is 5.75 Å². The van der Waals surface area contributed by atoms with Gasteiger partial charge in [0.15, 0.2) is 0 Å². The van der Waals surface area contributed by atoms with Crippen LogP contribution >= 0.6 is 23.3 Å². The molecule has 1 aromatic heterocycles. The number of carbonyl (C=O) groups excluding carboxylic acids is 1. The van der Waals surface area contributed by atoms with Crippen LogP contribution in [-0.4, -0.2) is 65.2 Å². The number of carbonyl (C=O) groups is 1. The van der Waals surface area contributed by atoms with Gasteiger partial charge in [-0.25, -0.2) is 4.98 Å². The van der Waals surface area contributed by atoms with Gasteiger partial charge in [0.2, 0.25) is 11.0 Å². The van der Waals surface area contributed by atoms with Crippen molar-refractivity contribution in [2.75, 3.05) is 49.9 Å². The van der Waals surface area contributed by atoms with Gasteiger partial charge in [-0.15, -0.1) is 11.8 Å². The normalized spacial score (nSPS) is 14.5. The first-order valence-corrected chi connectivity index (χ1v) is 12.3. The molecule has 162 valence electrons. The van der Waals surface area contributed by atoms with Gasteiger partial charge in [-0.05, 0) is 17.7 Å². The number of amides is 1. The maximum atomic E-state index is 12.1. The zero-order valence-corrected chi connectivity index (χ0v) is 19.1. The molecule has 1 N–H and O–H groups in total. The van der Waals surface area contributed by atoms with Crippen LogP contribution < -0.4 is 10.2 Å². The Morgan fingerprint density at radius 1 is 1.00 bits per heavy atom. The maximum Gasteiger partial charge on any atom is 0.230 e. The van der Waals surface area contributed by atoms with Crippen molar-refractivity contribution in [2.45, 2.75) is 11.3 Å². The fourth-order valence-corrected chi connectivity index (χ4v) is 4.94. The molecule has 0 bridgehead atoms. The molecule has 31 heavy (non-hydrogen) atoms. The molecule has 3 aromatic rings. The lowest BCUT2D eigenvalue weighted by Gasteiger charge is -2.34. The Balaban J connectivity index is 1.14. The molecular formula is C23H27N5OS2. The van der Waals surface area contributed by atoms with Crippen molar-refractivity contribution < 1.29 is 4.79 Å². The van der Waals surface area contributed by atoms with Crippen LogP contribution in [0.5, 0.6) is 0 Å². The van der Waals surface area contributed by atoms with Crippen LogP contribution in [0, 0.1) is 0 Å². The first-order chi connectivity index (χ1) is 15.3. The van der Waals surface area contributed by atoms with E-state index >= 15 is 0 Å². The van der Waals surface area contributed by atoms with Crippen molar-refractivity contribution in [1.82, 2.24) is 19.6 Å². The molecule has 6 nitrogen and oxygen atoms in total. The number of aromatic nitrogens is 2. The van der Waals surface area contributed by atoms with E-state index in [0.29, 0.717) is 12.3 Å². The summed E-state index contributed by atoms with van der Waals surface area (Å²) >= 11 is 3.06. The van der Waals surface area contributed by atoms with E-state index in [2.05, 4.69) is 31.6 Å². The minimum atomic E-state index is 0.0901. The number of hydrogen-bond acceptors (Lipinski definition) is 7. The molecule has 0 saturated carbocycles. The topological polar surface area (TPSA) is 61.4 Å². The van der Waals surface area contributed by atoms with Crippen molar-refractivity contribution in [3.8, 4) is 0 Å². The first kappa shape index (κ1) is 21.8. The molecule has 1 amide bonds. The number of thioether (sulfide) groups is 1. The lowest BCUT2D eigenvalue weighted by Crippen LogP contribution is -2.48. The second kappa shape index (κ2) is 11.3. The van der Waals surface area contributed by atoms with Crippen LogP contribution in [-0.2, 0) is 11.2 Å². The molecular weight excluding hydrogens is 426 g/mol. The standard InChI is InChI=1S/C23H27N5OS2/c29-22(18-30-20-9-5-2-6-10-20)24-11-12-27-13-15-28(16-14-27)23-25-21(26-31-23)17-19-7-3-1-4-8-19/h1-10H,11-18H2,(H,24,29). The van der Waals surface area contributed by atoms with Crippen molar-refractivity contribution in [3.63, 3.8) is 0 Å². The summed E-state index contributed by atoms with van der Waals surface area (Å²) in [4.78, 5) is 22.6. The highest BCUT2D eigenvalue weighted by atomic mass is 32.2. The van der Waals surface area contributed by atoms with Gasteiger partial charge < -0.3 is 10.2 Å². The molecule has 0 aliphatic carbocycles. The SMILES string of the molecule is O=C(CSc1ccccc1)NCCN1CCN(c2nc(Cc3ccccc3)ns2)CC1. The summed E-state index contributed by atoms with van der Waals surface area (Å²) in [6, 6.07) is 20.4. The van der Waals surface area contributed by atoms with Crippen LogP contribution in [0.2, 0.25) is 0 Å². The monoisotopic (exact) mass is 453 g/mol. The second-order valence-electron chi connectivity index (χ2n) is 7.44. The van der Waals surface area contributed by atoms with E-state index < -0.39 is 0 Å². The van der Waals surface area contributed by atoms with E-state index in [1.807, 2.05) is 48.5 Å². The number of nitrogens with one attached hydrogen (secondary N) is 1. The van der Waals surface area contributed by atoms with Crippen molar-refractivity contribution >= 4 is 34.3 Å². The zero-order chi connectivity index (χ0) is 21.3. The lowest BCUT2D eigenvalue weighted by molar-refractivity contribution is -0.118. The average Bonchev–Trinajstić information content (AvgIpc) is 3.28. The van der Waals surface area contributed by atoms with E-state index in [0.717, 1.165) is 55.0 Å². The first-order valence-electron chi connectivity index (χ1n) is 10.5. The Hall–Kier alpha value is -2.42. The Morgan fingerprint density at radius 2 is 1.71 bits per heavy atom. The summed E-state index contributed by atoms with van der Waals surface area (Å²) in [5, 5.41) is 4.05. The van der Waals surface area contributed by atoms with Gasteiger partial charge in [-0.3, -0.25) is 9.69 Å². The number of nitrogens with zero attached hydrogens (tertiary/aromatic N) is 4. The van der Waals surface area contributed by atoms with Crippen LogP contribution in [0.1, 0.15) is 11.4 Å². The number of benzene rings is 2. The van der Waals surface area contributed by atoms with Gasteiger partial charge in [-0.1, -0.05) is 48.5 Å². The second-order valence-corrected chi connectivity index (χ2v) is 9.21. The molecule has 2 heterocycles. The summed E-state index contributed by atoms with van der Waals surface area (Å²) in [6.45, 7) is 5.40. The predicted molar refractivity (Wildman–Crippen MR) is 128 cm³/mol. The zero-order valence-electron chi connectivity index (χ0n) is 17.4. The molecule has 0 radical (unpaired) electrons. The van der Waals surface area contributed by atoms with Crippen molar-refractivity contribution in [3.05, 3.63) is 72.1 Å². The summed E-state index contributed by atoms with van der Waals surface area (Å²) in [5.41, 5.74) is 1.24. The third kappa shape index (κ3) is 6.78. The Morgan fingerprint density at radius 3 is 2.45 bits per heavy atom. The Kier molecular flexibility index (Phi) is 7.93. The third-order valence-corrected chi connectivity index (χ3v) is 7.00. The molecule has 1 aliphatic heterocycles. The lowest BCUT2D eigenvalue weighted by atomic mass is 10.1. The highest BCUT2D eigenvalue weighted by molar-refractivity contribution is 8.00. The molecule has 1 saturated heterocycles. The summed E-state index contributed by atoms with van der Waals surface area (Å²) < 4.78 is 4.54. The largest absolute Gasteiger partial charge is 0.354 e. The van der Waals surface area contributed by atoms with E-state index in [9.17, 15) is 4.79 Å². The Labute approximate surface area is 191 Å². The van der Waals surface area contributed by atoms with Gasteiger partial charge in [0.25, 0.3) is 0 Å². The summed E-state index contributed by atoms with van der Waals surface area (Å²) in [6.07, 6.45) is 0.777. The number of piperazine rings is 1. The van der Waals surface area contributed by atoms with Gasteiger partial charge in [0, 0.05) is 62.1 Å². The van der Waals surface area contributed by atoms with Gasteiger partial charge in [-0.2, -0.15) is 4.37 Å². The third-order valence-electron chi connectivity index (χ3n) is 5.17.